The molecule has 0 aromatic heterocycles. The van der Waals surface area contributed by atoms with Crippen LogP contribution >= 0.6 is 11.8 Å². The number of aryl methyl sites for hydroxylation is 2. The summed E-state index contributed by atoms with van der Waals surface area (Å²) < 4.78 is 0. The first-order chi connectivity index (χ1) is 6.63. The van der Waals surface area contributed by atoms with Crippen LogP contribution in [0.1, 0.15) is 11.1 Å². The van der Waals surface area contributed by atoms with Gasteiger partial charge in [0.1, 0.15) is 6.04 Å². The van der Waals surface area contributed by atoms with E-state index in [4.69, 9.17) is 11.0 Å². The van der Waals surface area contributed by atoms with Crippen molar-refractivity contribution in [3.05, 3.63) is 29.3 Å². The first kappa shape index (κ1) is 11.1. The van der Waals surface area contributed by atoms with Crippen molar-refractivity contribution in [2.45, 2.75) is 24.8 Å². The summed E-state index contributed by atoms with van der Waals surface area (Å²) in [6, 6.07) is 7.93. The molecule has 2 nitrogen and oxygen atoms in total. The molecule has 0 fully saturated rings. The van der Waals surface area contributed by atoms with Gasteiger partial charge in [0.25, 0.3) is 0 Å². The summed E-state index contributed by atoms with van der Waals surface area (Å²) in [5.74, 6) is 0.652. The molecule has 1 atom stereocenters. The zero-order valence-corrected chi connectivity index (χ0v) is 9.27. The van der Waals surface area contributed by atoms with Crippen LogP contribution in [0.15, 0.2) is 23.1 Å². The second-order valence-electron chi connectivity index (χ2n) is 3.29. The average Bonchev–Trinajstić information content (AvgIpc) is 2.19. The number of benzene rings is 1. The highest BCUT2D eigenvalue weighted by atomic mass is 32.2. The Morgan fingerprint density at radius 1 is 1.43 bits per heavy atom. The molecule has 0 radical (unpaired) electrons. The highest BCUT2D eigenvalue weighted by molar-refractivity contribution is 7.99. The van der Waals surface area contributed by atoms with Gasteiger partial charge in [0.15, 0.2) is 0 Å². The summed E-state index contributed by atoms with van der Waals surface area (Å²) in [6.07, 6.45) is 0. The van der Waals surface area contributed by atoms with Gasteiger partial charge in [-0.25, -0.2) is 0 Å². The van der Waals surface area contributed by atoms with Crippen LogP contribution in [0.3, 0.4) is 0 Å². The van der Waals surface area contributed by atoms with E-state index in [1.807, 2.05) is 6.07 Å². The summed E-state index contributed by atoms with van der Waals surface area (Å²) in [6.45, 7) is 4.18. The molecule has 0 aliphatic carbocycles. The number of rotatable bonds is 3. The number of thioether (sulfide) groups is 1. The van der Waals surface area contributed by atoms with Crippen molar-refractivity contribution in [2.24, 2.45) is 5.73 Å². The van der Waals surface area contributed by atoms with E-state index in [2.05, 4.69) is 32.0 Å². The SMILES string of the molecule is Cc1ccc(SCC(N)C#N)cc1C. The first-order valence-electron chi connectivity index (χ1n) is 4.48. The predicted molar refractivity (Wildman–Crippen MR) is 60.2 cm³/mol. The molecule has 0 heterocycles. The Bertz CT molecular complexity index is 355. The molecule has 0 bridgehead atoms. The molecule has 0 saturated heterocycles. The van der Waals surface area contributed by atoms with Crippen molar-refractivity contribution in [1.29, 1.82) is 5.26 Å². The van der Waals surface area contributed by atoms with E-state index < -0.39 is 0 Å². The Kier molecular flexibility index (Phi) is 3.99. The fourth-order valence-corrected chi connectivity index (χ4v) is 1.90. The van der Waals surface area contributed by atoms with Crippen molar-refractivity contribution in [3.63, 3.8) is 0 Å². The molecule has 74 valence electrons. The molecule has 1 aromatic carbocycles. The largest absolute Gasteiger partial charge is 0.315 e. The van der Waals surface area contributed by atoms with Crippen molar-refractivity contribution < 1.29 is 0 Å². The average molecular weight is 206 g/mol. The van der Waals surface area contributed by atoms with Crippen LogP contribution in [0.5, 0.6) is 0 Å². The molecular weight excluding hydrogens is 192 g/mol. The van der Waals surface area contributed by atoms with Crippen LogP contribution in [-0.4, -0.2) is 11.8 Å². The molecule has 0 spiro atoms. The van der Waals surface area contributed by atoms with Gasteiger partial charge in [-0.3, -0.25) is 0 Å². The van der Waals surface area contributed by atoms with Gasteiger partial charge in [-0.15, -0.1) is 11.8 Å². The Hall–Kier alpha value is -0.980. The van der Waals surface area contributed by atoms with Crippen LogP contribution in [-0.2, 0) is 0 Å². The van der Waals surface area contributed by atoms with Gasteiger partial charge >= 0.3 is 0 Å². The summed E-state index contributed by atoms with van der Waals surface area (Å²) in [5, 5.41) is 8.52. The van der Waals surface area contributed by atoms with Crippen molar-refractivity contribution in [3.8, 4) is 6.07 Å². The van der Waals surface area contributed by atoms with Gasteiger partial charge in [0.2, 0.25) is 0 Å². The fourth-order valence-electron chi connectivity index (χ4n) is 1.03. The minimum absolute atomic E-state index is 0.374. The zero-order chi connectivity index (χ0) is 10.6. The van der Waals surface area contributed by atoms with Crippen LogP contribution < -0.4 is 5.73 Å². The van der Waals surface area contributed by atoms with Gasteiger partial charge in [-0.2, -0.15) is 5.26 Å². The minimum atomic E-state index is -0.374. The lowest BCUT2D eigenvalue weighted by Gasteiger charge is -2.05. The second kappa shape index (κ2) is 5.04. The molecule has 14 heavy (non-hydrogen) atoms. The quantitative estimate of drug-likeness (QED) is 0.772. The fraction of sp³-hybridized carbons (Fsp3) is 0.364. The molecule has 3 heteroatoms. The summed E-state index contributed by atoms with van der Waals surface area (Å²) >= 11 is 1.63. The molecule has 0 amide bonds. The Morgan fingerprint density at radius 3 is 2.71 bits per heavy atom. The highest BCUT2D eigenvalue weighted by Crippen LogP contribution is 2.21. The maximum absolute atomic E-state index is 8.52. The lowest BCUT2D eigenvalue weighted by atomic mass is 10.1. The lowest BCUT2D eigenvalue weighted by Crippen LogP contribution is -2.19. The maximum atomic E-state index is 8.52. The number of nitrogens with two attached hydrogens (primary N) is 1. The molecule has 0 aliphatic heterocycles. The zero-order valence-electron chi connectivity index (χ0n) is 8.45. The number of nitrogens with zero attached hydrogens (tertiary/aromatic N) is 1. The van der Waals surface area contributed by atoms with Crippen molar-refractivity contribution in [2.75, 3.05) is 5.75 Å². The van der Waals surface area contributed by atoms with Gasteiger partial charge in [-0.05, 0) is 37.1 Å². The van der Waals surface area contributed by atoms with Crippen LogP contribution in [0.25, 0.3) is 0 Å². The highest BCUT2D eigenvalue weighted by Gasteiger charge is 2.02. The van der Waals surface area contributed by atoms with Gasteiger partial charge < -0.3 is 5.73 Å². The molecule has 1 rings (SSSR count). The third-order valence-corrected chi connectivity index (χ3v) is 3.19. The van der Waals surface area contributed by atoms with E-state index in [1.165, 1.54) is 16.0 Å². The van der Waals surface area contributed by atoms with Crippen LogP contribution in [0.4, 0.5) is 0 Å². The van der Waals surface area contributed by atoms with E-state index in [-0.39, 0.29) is 6.04 Å². The Balaban J connectivity index is 2.61. The standard InChI is InChI=1S/C11H14N2S/c1-8-3-4-11(5-9(8)2)14-7-10(13)6-12/h3-5,10H,7,13H2,1-2H3. The molecule has 0 aliphatic rings. The molecule has 1 unspecified atom stereocenters. The van der Waals surface area contributed by atoms with Gasteiger partial charge in [0, 0.05) is 10.6 Å². The summed E-state index contributed by atoms with van der Waals surface area (Å²) in [5.41, 5.74) is 8.08. The monoisotopic (exact) mass is 206 g/mol. The van der Waals surface area contributed by atoms with Crippen molar-refractivity contribution in [1.82, 2.24) is 0 Å². The normalized spacial score (nSPS) is 12.1. The lowest BCUT2D eigenvalue weighted by molar-refractivity contribution is 0.953. The Morgan fingerprint density at radius 2 is 2.14 bits per heavy atom. The van der Waals surface area contributed by atoms with Crippen LogP contribution in [0, 0.1) is 25.2 Å². The summed E-state index contributed by atoms with van der Waals surface area (Å²) in [7, 11) is 0. The third-order valence-electron chi connectivity index (χ3n) is 2.07. The van der Waals surface area contributed by atoms with E-state index in [0.717, 1.165) is 0 Å². The topological polar surface area (TPSA) is 49.8 Å². The molecular formula is C11H14N2S. The molecule has 1 aromatic rings. The number of hydrogen-bond acceptors (Lipinski definition) is 3. The minimum Gasteiger partial charge on any atom is -0.315 e. The van der Waals surface area contributed by atoms with Crippen molar-refractivity contribution >= 4 is 11.8 Å². The summed E-state index contributed by atoms with van der Waals surface area (Å²) in [4.78, 5) is 1.18. The van der Waals surface area contributed by atoms with E-state index in [9.17, 15) is 0 Å². The second-order valence-corrected chi connectivity index (χ2v) is 4.39. The maximum Gasteiger partial charge on any atom is 0.102 e. The smallest absolute Gasteiger partial charge is 0.102 e. The Labute approximate surface area is 89.1 Å². The molecule has 2 N–H and O–H groups in total. The van der Waals surface area contributed by atoms with Crippen LogP contribution in [0.2, 0.25) is 0 Å². The first-order valence-corrected chi connectivity index (χ1v) is 5.47. The number of nitriles is 1. The molecule has 0 saturated carbocycles. The van der Waals surface area contributed by atoms with Gasteiger partial charge in [0.05, 0.1) is 6.07 Å². The van der Waals surface area contributed by atoms with E-state index in [0.29, 0.717) is 5.75 Å². The van der Waals surface area contributed by atoms with E-state index >= 15 is 0 Å². The predicted octanol–water partition coefficient (Wildman–Crippen LogP) is 2.25. The number of hydrogen-bond donors (Lipinski definition) is 1. The van der Waals surface area contributed by atoms with Gasteiger partial charge in [-0.1, -0.05) is 6.07 Å². The third kappa shape index (κ3) is 3.06. The van der Waals surface area contributed by atoms with E-state index in [1.54, 1.807) is 11.8 Å².